The Balaban J connectivity index is 2.09. The number of aryl methyl sites for hydroxylation is 3. The van der Waals surface area contributed by atoms with Gasteiger partial charge in [-0.2, -0.15) is 0 Å². The Bertz CT molecular complexity index is 518. The Morgan fingerprint density at radius 2 is 2.21 bits per heavy atom. The minimum Gasteiger partial charge on any atom is -0.338 e. The predicted molar refractivity (Wildman–Crippen MR) is 76.9 cm³/mol. The molecule has 0 saturated carbocycles. The fourth-order valence-corrected chi connectivity index (χ4v) is 2.40. The van der Waals surface area contributed by atoms with E-state index in [9.17, 15) is 0 Å². The average Bonchev–Trinajstić information content (AvgIpc) is 2.81. The van der Waals surface area contributed by atoms with Crippen LogP contribution in [0.4, 0.5) is 0 Å². The third kappa shape index (κ3) is 3.41. The molecule has 19 heavy (non-hydrogen) atoms. The minimum atomic E-state index is 0.365. The summed E-state index contributed by atoms with van der Waals surface area (Å²) in [4.78, 5) is 8.55. The lowest BCUT2D eigenvalue weighted by Gasteiger charge is -2.20. The van der Waals surface area contributed by atoms with E-state index in [1.807, 2.05) is 31.8 Å². The average molecular weight is 258 g/mol. The van der Waals surface area contributed by atoms with E-state index in [1.165, 1.54) is 11.1 Å². The molecule has 0 aliphatic carbocycles. The van der Waals surface area contributed by atoms with Crippen molar-refractivity contribution in [1.29, 1.82) is 0 Å². The third-order valence-electron chi connectivity index (χ3n) is 3.47. The quantitative estimate of drug-likeness (QED) is 0.865. The smallest absolute Gasteiger partial charge is 0.108 e. The Labute approximate surface area is 114 Å². The van der Waals surface area contributed by atoms with Gasteiger partial charge in [0, 0.05) is 44.3 Å². The highest BCUT2D eigenvalue weighted by atomic mass is 15.0. The van der Waals surface area contributed by atoms with Crippen LogP contribution in [0.3, 0.4) is 0 Å². The number of nitrogens with one attached hydrogen (secondary N) is 1. The summed E-state index contributed by atoms with van der Waals surface area (Å²) in [6.45, 7) is 5.23. The van der Waals surface area contributed by atoms with Gasteiger partial charge in [-0.05, 0) is 37.1 Å². The molecule has 0 spiro atoms. The zero-order chi connectivity index (χ0) is 13.7. The number of hydrogen-bond donors (Lipinski definition) is 1. The number of aromatic nitrogens is 3. The highest BCUT2D eigenvalue weighted by Crippen LogP contribution is 2.21. The molecule has 2 aromatic heterocycles. The van der Waals surface area contributed by atoms with Crippen LogP contribution in [-0.2, 0) is 13.5 Å². The molecule has 1 N–H and O–H groups in total. The first-order chi connectivity index (χ1) is 9.22. The van der Waals surface area contributed by atoms with Gasteiger partial charge in [0.25, 0.3) is 0 Å². The summed E-state index contributed by atoms with van der Waals surface area (Å²) in [5.74, 6) is 1.13. The zero-order valence-corrected chi connectivity index (χ0v) is 11.9. The molecule has 4 nitrogen and oxygen atoms in total. The van der Waals surface area contributed by atoms with Crippen molar-refractivity contribution in [1.82, 2.24) is 19.9 Å². The topological polar surface area (TPSA) is 42.7 Å². The molecule has 0 fully saturated rings. The van der Waals surface area contributed by atoms with E-state index in [4.69, 9.17) is 0 Å². The molecule has 0 saturated heterocycles. The maximum atomic E-state index is 4.39. The number of rotatable bonds is 6. The van der Waals surface area contributed by atoms with Gasteiger partial charge in [0.1, 0.15) is 5.82 Å². The third-order valence-corrected chi connectivity index (χ3v) is 3.47. The second-order valence-corrected chi connectivity index (χ2v) is 4.84. The summed E-state index contributed by atoms with van der Waals surface area (Å²) in [7, 11) is 2.04. The van der Waals surface area contributed by atoms with Crippen molar-refractivity contribution in [2.75, 3.05) is 6.54 Å². The van der Waals surface area contributed by atoms with Gasteiger partial charge >= 0.3 is 0 Å². The first kappa shape index (κ1) is 13.7. The maximum absolute atomic E-state index is 4.39. The molecule has 0 radical (unpaired) electrons. The Morgan fingerprint density at radius 3 is 2.84 bits per heavy atom. The monoisotopic (exact) mass is 258 g/mol. The van der Waals surface area contributed by atoms with Crippen LogP contribution < -0.4 is 5.32 Å². The number of nitrogens with zero attached hydrogens (tertiary/aromatic N) is 3. The van der Waals surface area contributed by atoms with E-state index < -0.39 is 0 Å². The van der Waals surface area contributed by atoms with Crippen LogP contribution in [0.15, 0.2) is 30.9 Å². The summed E-state index contributed by atoms with van der Waals surface area (Å²) in [6, 6.07) is 2.48. The van der Waals surface area contributed by atoms with Crippen LogP contribution in [0, 0.1) is 6.92 Å². The van der Waals surface area contributed by atoms with E-state index in [0.29, 0.717) is 6.04 Å². The molecule has 2 rings (SSSR count). The van der Waals surface area contributed by atoms with Gasteiger partial charge in [-0.15, -0.1) is 0 Å². The highest BCUT2D eigenvalue weighted by Gasteiger charge is 2.13. The van der Waals surface area contributed by atoms with Gasteiger partial charge in [0.15, 0.2) is 0 Å². The predicted octanol–water partition coefficient (Wildman–Crippen LogP) is 2.41. The van der Waals surface area contributed by atoms with Crippen molar-refractivity contribution >= 4 is 0 Å². The second kappa shape index (κ2) is 6.48. The molecule has 4 heteroatoms. The van der Waals surface area contributed by atoms with Crippen LogP contribution >= 0.6 is 0 Å². The van der Waals surface area contributed by atoms with E-state index >= 15 is 0 Å². The van der Waals surface area contributed by atoms with Crippen LogP contribution in [-0.4, -0.2) is 21.1 Å². The molecule has 0 amide bonds. The molecule has 0 aliphatic rings. The van der Waals surface area contributed by atoms with Crippen LogP contribution in [0.2, 0.25) is 0 Å². The molecule has 102 valence electrons. The number of imidazole rings is 1. The van der Waals surface area contributed by atoms with E-state index in [2.05, 4.69) is 39.8 Å². The first-order valence-electron chi connectivity index (χ1n) is 6.82. The van der Waals surface area contributed by atoms with Gasteiger partial charge in [-0.25, -0.2) is 4.98 Å². The summed E-state index contributed by atoms with van der Waals surface area (Å²) in [5, 5.41) is 3.56. The molecule has 1 atom stereocenters. The SMILES string of the molecule is CCNC(CCc1nccn1C)c1ccncc1C. The highest BCUT2D eigenvalue weighted by molar-refractivity contribution is 5.25. The summed E-state index contributed by atoms with van der Waals surface area (Å²) < 4.78 is 2.09. The number of pyridine rings is 1. The molecule has 2 aromatic rings. The summed E-state index contributed by atoms with van der Waals surface area (Å²) >= 11 is 0. The van der Waals surface area contributed by atoms with Crippen molar-refractivity contribution in [3.8, 4) is 0 Å². The summed E-state index contributed by atoms with van der Waals surface area (Å²) in [5.41, 5.74) is 2.58. The van der Waals surface area contributed by atoms with Crippen molar-refractivity contribution < 1.29 is 0 Å². The summed E-state index contributed by atoms with van der Waals surface area (Å²) in [6.07, 6.45) is 9.67. The minimum absolute atomic E-state index is 0.365. The number of hydrogen-bond acceptors (Lipinski definition) is 3. The molecule has 0 bridgehead atoms. The Kier molecular flexibility index (Phi) is 4.68. The van der Waals surface area contributed by atoms with Crippen LogP contribution in [0.1, 0.15) is 36.3 Å². The fourth-order valence-electron chi connectivity index (χ4n) is 2.40. The van der Waals surface area contributed by atoms with Gasteiger partial charge < -0.3 is 9.88 Å². The van der Waals surface area contributed by atoms with E-state index in [0.717, 1.165) is 25.2 Å². The zero-order valence-electron chi connectivity index (χ0n) is 11.9. The Morgan fingerprint density at radius 1 is 1.37 bits per heavy atom. The molecule has 2 heterocycles. The molecule has 0 aromatic carbocycles. The largest absolute Gasteiger partial charge is 0.338 e. The van der Waals surface area contributed by atoms with Gasteiger partial charge in [-0.3, -0.25) is 4.98 Å². The van der Waals surface area contributed by atoms with Crippen molar-refractivity contribution in [2.24, 2.45) is 7.05 Å². The standard InChI is InChI=1S/C15H22N4/c1-4-17-14(13-7-8-16-11-12(13)2)5-6-15-18-9-10-19(15)3/h7-11,14,17H,4-6H2,1-3H3. The van der Waals surface area contributed by atoms with Crippen LogP contribution in [0.5, 0.6) is 0 Å². The van der Waals surface area contributed by atoms with Crippen molar-refractivity contribution in [3.63, 3.8) is 0 Å². The van der Waals surface area contributed by atoms with Crippen LogP contribution in [0.25, 0.3) is 0 Å². The lowest BCUT2D eigenvalue weighted by molar-refractivity contribution is 0.503. The second-order valence-electron chi connectivity index (χ2n) is 4.84. The van der Waals surface area contributed by atoms with Gasteiger partial charge in [0.2, 0.25) is 0 Å². The molecule has 0 aliphatic heterocycles. The first-order valence-corrected chi connectivity index (χ1v) is 6.82. The maximum Gasteiger partial charge on any atom is 0.108 e. The van der Waals surface area contributed by atoms with Crippen molar-refractivity contribution in [3.05, 3.63) is 47.8 Å². The molecular formula is C15H22N4. The fraction of sp³-hybridized carbons (Fsp3) is 0.467. The lowest BCUT2D eigenvalue weighted by Crippen LogP contribution is -2.22. The Hall–Kier alpha value is -1.68. The molecular weight excluding hydrogens is 236 g/mol. The van der Waals surface area contributed by atoms with E-state index in [1.54, 1.807) is 0 Å². The molecule has 1 unspecified atom stereocenters. The normalized spacial score (nSPS) is 12.6. The van der Waals surface area contributed by atoms with E-state index in [-0.39, 0.29) is 0 Å². The van der Waals surface area contributed by atoms with Gasteiger partial charge in [0.05, 0.1) is 0 Å². The lowest BCUT2D eigenvalue weighted by atomic mass is 9.99. The van der Waals surface area contributed by atoms with Crippen molar-refractivity contribution in [2.45, 2.75) is 32.7 Å². The van der Waals surface area contributed by atoms with Gasteiger partial charge in [-0.1, -0.05) is 6.92 Å².